The van der Waals surface area contributed by atoms with Gasteiger partial charge in [-0.2, -0.15) is 0 Å². The normalized spacial score (nSPS) is 10.1. The van der Waals surface area contributed by atoms with Crippen molar-refractivity contribution in [3.8, 4) is 0 Å². The fourth-order valence-corrected chi connectivity index (χ4v) is 1.34. The Balaban J connectivity index is 3.35. The molecular weight excluding hydrogens is 248 g/mol. The van der Waals surface area contributed by atoms with E-state index < -0.39 is 23.1 Å². The lowest BCUT2D eigenvalue weighted by Crippen LogP contribution is -1.94. The Morgan fingerprint density at radius 2 is 2.15 bits per heavy atom. The first kappa shape index (κ1) is 10.0. The van der Waals surface area contributed by atoms with Crippen LogP contribution in [0.2, 0.25) is 0 Å². The molecule has 0 saturated carbocycles. The maximum atomic E-state index is 12.7. The summed E-state index contributed by atoms with van der Waals surface area (Å²) >= 11 is 2.83. The first-order chi connectivity index (χ1) is 6.06. The minimum absolute atomic E-state index is 0.0126. The Kier molecular flexibility index (Phi) is 2.92. The minimum atomic E-state index is -0.945. The number of nitro groups is 1. The number of benzene rings is 1. The van der Waals surface area contributed by atoms with E-state index in [-0.39, 0.29) is 10.0 Å². The second-order valence-electron chi connectivity index (χ2n) is 2.29. The molecule has 0 radical (unpaired) electrons. The smallest absolute Gasteiger partial charge is 0.258 e. The van der Waals surface area contributed by atoms with E-state index in [9.17, 15) is 18.9 Å². The number of hydrogen-bond acceptors (Lipinski definition) is 2. The highest BCUT2D eigenvalue weighted by Crippen LogP contribution is 2.30. The van der Waals surface area contributed by atoms with Crippen LogP contribution in [-0.4, -0.2) is 4.92 Å². The van der Waals surface area contributed by atoms with E-state index in [1.54, 1.807) is 0 Å². The van der Waals surface area contributed by atoms with E-state index >= 15 is 0 Å². The molecule has 1 aromatic carbocycles. The van der Waals surface area contributed by atoms with Crippen LogP contribution in [0.4, 0.5) is 14.5 Å². The number of halogens is 3. The Labute approximate surface area is 80.6 Å². The van der Waals surface area contributed by atoms with Crippen LogP contribution in [0.15, 0.2) is 16.6 Å². The van der Waals surface area contributed by atoms with Crippen molar-refractivity contribution in [2.45, 2.75) is 6.67 Å². The zero-order chi connectivity index (χ0) is 10.0. The van der Waals surface area contributed by atoms with Crippen LogP contribution in [0.5, 0.6) is 0 Å². The molecule has 6 heteroatoms. The third-order valence-electron chi connectivity index (χ3n) is 1.43. The molecule has 3 nitrogen and oxygen atoms in total. The van der Waals surface area contributed by atoms with Gasteiger partial charge in [0.1, 0.15) is 17.0 Å². The molecule has 0 aromatic heterocycles. The number of rotatable bonds is 2. The van der Waals surface area contributed by atoms with Gasteiger partial charge >= 0.3 is 0 Å². The lowest BCUT2D eigenvalue weighted by molar-refractivity contribution is -0.385. The molecule has 1 rings (SSSR count). The second kappa shape index (κ2) is 3.78. The summed E-state index contributed by atoms with van der Waals surface area (Å²) in [6.07, 6.45) is 0. The van der Waals surface area contributed by atoms with Gasteiger partial charge in [0, 0.05) is 5.56 Å². The van der Waals surface area contributed by atoms with Gasteiger partial charge in [-0.3, -0.25) is 10.1 Å². The summed E-state index contributed by atoms with van der Waals surface area (Å²) in [6, 6.07) is 1.65. The average Bonchev–Trinajstić information content (AvgIpc) is 2.08. The molecule has 70 valence electrons. The van der Waals surface area contributed by atoms with Crippen molar-refractivity contribution in [3.63, 3.8) is 0 Å². The van der Waals surface area contributed by atoms with Crippen LogP contribution in [0.25, 0.3) is 0 Å². The third kappa shape index (κ3) is 2.00. The summed E-state index contributed by atoms with van der Waals surface area (Å²) < 4.78 is 24.8. The predicted octanol–water partition coefficient (Wildman–Crippen LogP) is 2.97. The maximum Gasteiger partial charge on any atom is 0.286 e. The van der Waals surface area contributed by atoms with Crippen molar-refractivity contribution in [1.82, 2.24) is 0 Å². The molecule has 0 fully saturated rings. The largest absolute Gasteiger partial charge is 0.286 e. The standard InChI is InChI=1S/C7H4BrF2NO2/c8-7-4(3-9)1-5(10)2-6(7)11(12)13/h1-2H,3H2. The van der Waals surface area contributed by atoms with Gasteiger partial charge in [0.2, 0.25) is 0 Å². The highest BCUT2D eigenvalue weighted by Gasteiger charge is 2.17. The fourth-order valence-electron chi connectivity index (χ4n) is 0.860. The SMILES string of the molecule is O=[N+]([O-])c1cc(F)cc(CF)c1Br. The van der Waals surface area contributed by atoms with Gasteiger partial charge in [-0.15, -0.1) is 0 Å². The first-order valence-electron chi connectivity index (χ1n) is 3.24. The lowest BCUT2D eigenvalue weighted by atomic mass is 10.2. The van der Waals surface area contributed by atoms with Crippen molar-refractivity contribution in [2.24, 2.45) is 0 Å². The van der Waals surface area contributed by atoms with Crippen LogP contribution in [0, 0.1) is 15.9 Å². The fraction of sp³-hybridized carbons (Fsp3) is 0.143. The quantitative estimate of drug-likeness (QED) is 0.599. The van der Waals surface area contributed by atoms with E-state index in [0.29, 0.717) is 0 Å². The van der Waals surface area contributed by atoms with Gasteiger partial charge in [-0.05, 0) is 22.0 Å². The molecule has 0 atom stereocenters. The van der Waals surface area contributed by atoms with Crippen LogP contribution in [0.1, 0.15) is 5.56 Å². The van der Waals surface area contributed by atoms with Crippen molar-refractivity contribution in [1.29, 1.82) is 0 Å². The van der Waals surface area contributed by atoms with Gasteiger partial charge in [0.25, 0.3) is 5.69 Å². The highest BCUT2D eigenvalue weighted by molar-refractivity contribution is 9.10. The third-order valence-corrected chi connectivity index (χ3v) is 2.35. The maximum absolute atomic E-state index is 12.7. The molecule has 0 aliphatic carbocycles. The summed E-state index contributed by atoms with van der Waals surface area (Å²) in [4.78, 5) is 9.56. The molecule has 0 saturated heterocycles. The number of nitrogens with zero attached hydrogens (tertiary/aromatic N) is 1. The summed E-state index contributed by atoms with van der Waals surface area (Å²) in [5, 5.41) is 10.3. The molecule has 0 heterocycles. The summed E-state index contributed by atoms with van der Waals surface area (Å²) in [5.74, 6) is -0.817. The van der Waals surface area contributed by atoms with E-state index in [4.69, 9.17) is 0 Å². The molecule has 0 spiro atoms. The Morgan fingerprint density at radius 1 is 1.54 bits per heavy atom. The van der Waals surface area contributed by atoms with Gasteiger partial charge in [0.05, 0.1) is 11.0 Å². The van der Waals surface area contributed by atoms with Crippen LogP contribution >= 0.6 is 15.9 Å². The van der Waals surface area contributed by atoms with Crippen molar-refractivity contribution >= 4 is 21.6 Å². The molecule has 0 amide bonds. The van der Waals surface area contributed by atoms with Crippen LogP contribution in [-0.2, 0) is 6.67 Å². The van der Waals surface area contributed by atoms with Gasteiger partial charge in [0.15, 0.2) is 0 Å². The number of nitro benzene ring substituents is 1. The van der Waals surface area contributed by atoms with Crippen molar-refractivity contribution < 1.29 is 13.7 Å². The Morgan fingerprint density at radius 3 is 2.62 bits per heavy atom. The zero-order valence-electron chi connectivity index (χ0n) is 6.26. The number of alkyl halides is 1. The number of hydrogen-bond donors (Lipinski definition) is 0. The molecular formula is C7H4BrF2NO2. The van der Waals surface area contributed by atoms with Gasteiger partial charge < -0.3 is 0 Å². The zero-order valence-corrected chi connectivity index (χ0v) is 7.85. The molecule has 0 bridgehead atoms. The van der Waals surface area contributed by atoms with E-state index in [1.165, 1.54) is 0 Å². The summed E-state index contributed by atoms with van der Waals surface area (Å²) in [6.45, 7) is -0.945. The second-order valence-corrected chi connectivity index (χ2v) is 3.08. The van der Waals surface area contributed by atoms with Gasteiger partial charge in [-0.1, -0.05) is 0 Å². The lowest BCUT2D eigenvalue weighted by Gasteiger charge is -2.00. The molecule has 13 heavy (non-hydrogen) atoms. The highest BCUT2D eigenvalue weighted by atomic mass is 79.9. The first-order valence-corrected chi connectivity index (χ1v) is 4.04. The minimum Gasteiger partial charge on any atom is -0.258 e. The van der Waals surface area contributed by atoms with E-state index in [2.05, 4.69) is 15.9 Å². The molecule has 0 aliphatic heterocycles. The van der Waals surface area contributed by atoms with E-state index in [0.717, 1.165) is 12.1 Å². The monoisotopic (exact) mass is 251 g/mol. The van der Waals surface area contributed by atoms with Crippen LogP contribution in [0.3, 0.4) is 0 Å². The topological polar surface area (TPSA) is 43.1 Å². The van der Waals surface area contributed by atoms with Gasteiger partial charge in [-0.25, -0.2) is 8.78 Å². The average molecular weight is 252 g/mol. The molecule has 0 unspecified atom stereocenters. The van der Waals surface area contributed by atoms with Crippen molar-refractivity contribution in [3.05, 3.63) is 38.1 Å². The van der Waals surface area contributed by atoms with E-state index in [1.807, 2.05) is 0 Å². The summed E-state index contributed by atoms with van der Waals surface area (Å²) in [5.41, 5.74) is -0.528. The van der Waals surface area contributed by atoms with Crippen molar-refractivity contribution in [2.75, 3.05) is 0 Å². The predicted molar refractivity (Wildman–Crippen MR) is 45.6 cm³/mol. The van der Waals surface area contributed by atoms with Crippen LogP contribution < -0.4 is 0 Å². The molecule has 1 aromatic rings. The Bertz CT molecular complexity index is 357. The Hall–Kier alpha value is -1.04. The molecule has 0 aliphatic rings. The molecule has 0 N–H and O–H groups in total. The summed E-state index contributed by atoms with van der Waals surface area (Å²) in [7, 11) is 0.